The van der Waals surface area contributed by atoms with Gasteiger partial charge in [0.05, 0.1) is 0 Å². The predicted octanol–water partition coefficient (Wildman–Crippen LogP) is 2.67. The van der Waals surface area contributed by atoms with E-state index in [1.807, 2.05) is 18.2 Å². The summed E-state index contributed by atoms with van der Waals surface area (Å²) in [5.41, 5.74) is 6.78. The Morgan fingerprint density at radius 1 is 1.27 bits per heavy atom. The first-order chi connectivity index (χ1) is 7.25. The second kappa shape index (κ2) is 4.72. The van der Waals surface area contributed by atoms with Gasteiger partial charge in [-0.1, -0.05) is 34.1 Å². The molecule has 1 heterocycles. The second-order valence-electron chi connectivity index (χ2n) is 3.14. The first kappa shape index (κ1) is 10.6. The van der Waals surface area contributed by atoms with E-state index >= 15 is 0 Å². The van der Waals surface area contributed by atoms with Crippen molar-refractivity contribution < 1.29 is 0 Å². The zero-order valence-electron chi connectivity index (χ0n) is 7.98. The van der Waals surface area contributed by atoms with Crippen LogP contribution in [-0.2, 0) is 12.8 Å². The van der Waals surface area contributed by atoms with Gasteiger partial charge in [-0.15, -0.1) is 0 Å². The topological polar surface area (TPSA) is 51.8 Å². The molecule has 2 rings (SSSR count). The van der Waals surface area contributed by atoms with Crippen molar-refractivity contribution in [1.82, 2.24) is 9.36 Å². The van der Waals surface area contributed by atoms with Crippen molar-refractivity contribution in [2.45, 2.75) is 12.8 Å². The van der Waals surface area contributed by atoms with E-state index in [-0.39, 0.29) is 0 Å². The zero-order valence-corrected chi connectivity index (χ0v) is 10.4. The average Bonchev–Trinajstić information content (AvgIpc) is 2.63. The van der Waals surface area contributed by atoms with Gasteiger partial charge in [0.25, 0.3) is 0 Å². The van der Waals surface area contributed by atoms with Gasteiger partial charge in [0.15, 0.2) is 5.13 Å². The molecule has 0 fully saturated rings. The van der Waals surface area contributed by atoms with Crippen LogP contribution >= 0.6 is 27.5 Å². The Kier molecular flexibility index (Phi) is 3.33. The lowest BCUT2D eigenvalue weighted by Gasteiger charge is -2.01. The highest BCUT2D eigenvalue weighted by atomic mass is 79.9. The van der Waals surface area contributed by atoms with Gasteiger partial charge in [0, 0.05) is 22.4 Å². The molecule has 3 nitrogen and oxygen atoms in total. The van der Waals surface area contributed by atoms with Crippen LogP contribution in [0.2, 0.25) is 0 Å². The Hall–Kier alpha value is -0.940. The maximum atomic E-state index is 5.51. The summed E-state index contributed by atoms with van der Waals surface area (Å²) < 4.78 is 5.28. The third-order valence-electron chi connectivity index (χ3n) is 2.06. The summed E-state index contributed by atoms with van der Waals surface area (Å²) in [6.07, 6.45) is 1.76. The molecule has 0 bridgehead atoms. The summed E-state index contributed by atoms with van der Waals surface area (Å²) in [6.45, 7) is 0. The molecule has 0 aliphatic heterocycles. The molecule has 5 heteroatoms. The quantitative estimate of drug-likeness (QED) is 0.942. The van der Waals surface area contributed by atoms with Crippen LogP contribution < -0.4 is 5.73 Å². The Labute approximate surface area is 101 Å². The van der Waals surface area contributed by atoms with Gasteiger partial charge in [0.2, 0.25) is 0 Å². The summed E-state index contributed by atoms with van der Waals surface area (Å²) in [4.78, 5) is 4.13. The van der Waals surface area contributed by atoms with Crippen molar-refractivity contribution in [3.63, 3.8) is 0 Å². The van der Waals surface area contributed by atoms with E-state index in [0.29, 0.717) is 5.13 Å². The Morgan fingerprint density at radius 2 is 2.07 bits per heavy atom. The highest BCUT2D eigenvalue weighted by molar-refractivity contribution is 9.10. The van der Waals surface area contributed by atoms with Gasteiger partial charge in [-0.2, -0.15) is 4.37 Å². The molecule has 0 saturated carbocycles. The van der Waals surface area contributed by atoms with Gasteiger partial charge in [-0.05, 0) is 18.1 Å². The maximum Gasteiger partial charge on any atom is 0.199 e. The second-order valence-corrected chi connectivity index (χ2v) is 4.78. The lowest BCUT2D eigenvalue weighted by atomic mass is 10.1. The number of benzene rings is 1. The molecule has 0 unspecified atom stereocenters. The number of rotatable bonds is 3. The van der Waals surface area contributed by atoms with Crippen LogP contribution in [0, 0.1) is 0 Å². The summed E-state index contributed by atoms with van der Waals surface area (Å²) in [6, 6.07) is 8.17. The number of anilines is 1. The van der Waals surface area contributed by atoms with E-state index < -0.39 is 0 Å². The first-order valence-electron chi connectivity index (χ1n) is 4.57. The largest absolute Gasteiger partial charge is 0.374 e. The van der Waals surface area contributed by atoms with E-state index in [9.17, 15) is 0 Å². The van der Waals surface area contributed by atoms with Crippen molar-refractivity contribution in [3.05, 3.63) is 40.1 Å². The monoisotopic (exact) mass is 283 g/mol. The molecule has 0 spiro atoms. The molecule has 0 saturated heterocycles. The van der Waals surface area contributed by atoms with E-state index in [0.717, 1.165) is 23.1 Å². The van der Waals surface area contributed by atoms with Crippen LogP contribution in [0.5, 0.6) is 0 Å². The molecule has 2 aromatic rings. The van der Waals surface area contributed by atoms with Crippen LogP contribution in [-0.4, -0.2) is 9.36 Å². The zero-order chi connectivity index (χ0) is 10.7. The third kappa shape index (κ3) is 2.76. The molecule has 0 amide bonds. The van der Waals surface area contributed by atoms with Crippen molar-refractivity contribution in [2.75, 3.05) is 5.73 Å². The number of nitrogen functional groups attached to an aromatic ring is 1. The standard InChI is InChI=1S/C10H10BrN3S/c11-8-4-2-1-3-7(8)5-6-9-13-10(12)15-14-9/h1-4H,5-6H2,(H2,12,13,14). The summed E-state index contributed by atoms with van der Waals surface area (Å²) in [7, 11) is 0. The minimum absolute atomic E-state index is 0.539. The number of aromatic nitrogens is 2. The van der Waals surface area contributed by atoms with Crippen molar-refractivity contribution in [2.24, 2.45) is 0 Å². The van der Waals surface area contributed by atoms with Gasteiger partial charge < -0.3 is 5.73 Å². The minimum Gasteiger partial charge on any atom is -0.374 e. The fourth-order valence-electron chi connectivity index (χ4n) is 1.32. The number of nitrogens with zero attached hydrogens (tertiary/aromatic N) is 2. The maximum absolute atomic E-state index is 5.51. The Morgan fingerprint density at radius 3 is 2.73 bits per heavy atom. The van der Waals surface area contributed by atoms with E-state index in [2.05, 4.69) is 31.4 Å². The number of nitrogens with two attached hydrogens (primary N) is 1. The Balaban J connectivity index is 2.02. The predicted molar refractivity (Wildman–Crippen MR) is 65.9 cm³/mol. The molecular weight excluding hydrogens is 274 g/mol. The van der Waals surface area contributed by atoms with Crippen LogP contribution in [0.3, 0.4) is 0 Å². The van der Waals surface area contributed by atoms with E-state index in [1.165, 1.54) is 17.1 Å². The van der Waals surface area contributed by atoms with Gasteiger partial charge in [-0.25, -0.2) is 4.98 Å². The van der Waals surface area contributed by atoms with Gasteiger partial charge in [-0.3, -0.25) is 0 Å². The summed E-state index contributed by atoms with van der Waals surface area (Å²) >= 11 is 4.76. The summed E-state index contributed by atoms with van der Waals surface area (Å²) in [5, 5.41) is 0.539. The minimum atomic E-state index is 0.539. The van der Waals surface area contributed by atoms with E-state index in [1.54, 1.807) is 0 Å². The fourth-order valence-corrected chi connectivity index (χ4v) is 2.28. The molecule has 0 radical (unpaired) electrons. The number of hydrogen-bond donors (Lipinski definition) is 1. The normalized spacial score (nSPS) is 10.5. The summed E-state index contributed by atoms with van der Waals surface area (Å²) in [5.74, 6) is 0.827. The molecule has 0 aliphatic carbocycles. The SMILES string of the molecule is Nc1nc(CCc2ccccc2Br)ns1. The lowest BCUT2D eigenvalue weighted by molar-refractivity contribution is 0.888. The highest BCUT2D eigenvalue weighted by Crippen LogP contribution is 2.18. The smallest absolute Gasteiger partial charge is 0.199 e. The number of halogens is 1. The Bertz CT molecular complexity index is 455. The highest BCUT2D eigenvalue weighted by Gasteiger charge is 2.03. The van der Waals surface area contributed by atoms with Crippen molar-refractivity contribution in [3.8, 4) is 0 Å². The average molecular weight is 284 g/mol. The molecule has 2 N–H and O–H groups in total. The number of aryl methyl sites for hydroxylation is 2. The van der Waals surface area contributed by atoms with E-state index in [4.69, 9.17) is 5.73 Å². The molecule has 1 aromatic heterocycles. The molecule has 78 valence electrons. The van der Waals surface area contributed by atoms with Crippen LogP contribution in [0.4, 0.5) is 5.13 Å². The fraction of sp³-hybridized carbons (Fsp3) is 0.200. The molecule has 0 atom stereocenters. The van der Waals surface area contributed by atoms with Crippen molar-refractivity contribution >= 4 is 32.6 Å². The number of hydrogen-bond acceptors (Lipinski definition) is 4. The molecule has 15 heavy (non-hydrogen) atoms. The van der Waals surface area contributed by atoms with Crippen LogP contribution in [0.1, 0.15) is 11.4 Å². The third-order valence-corrected chi connectivity index (χ3v) is 3.41. The molecular formula is C10H10BrN3S. The molecule has 1 aromatic carbocycles. The lowest BCUT2D eigenvalue weighted by Crippen LogP contribution is -1.94. The van der Waals surface area contributed by atoms with Crippen LogP contribution in [0.15, 0.2) is 28.7 Å². The van der Waals surface area contributed by atoms with Gasteiger partial charge in [0.1, 0.15) is 5.82 Å². The van der Waals surface area contributed by atoms with Gasteiger partial charge >= 0.3 is 0 Å². The first-order valence-corrected chi connectivity index (χ1v) is 6.14. The molecule has 0 aliphatic rings. The van der Waals surface area contributed by atoms with Crippen molar-refractivity contribution in [1.29, 1.82) is 0 Å². The van der Waals surface area contributed by atoms with Crippen LogP contribution in [0.25, 0.3) is 0 Å².